The quantitative estimate of drug-likeness (QED) is 0.600. The van der Waals surface area contributed by atoms with Crippen LogP contribution in [0.4, 0.5) is 10.5 Å². The first-order valence-electron chi connectivity index (χ1n) is 6.54. The third kappa shape index (κ3) is 4.00. The van der Waals surface area contributed by atoms with Gasteiger partial charge < -0.3 is 4.90 Å². The van der Waals surface area contributed by atoms with E-state index in [0.29, 0.717) is 15.7 Å². The minimum absolute atomic E-state index is 0.287. The van der Waals surface area contributed by atoms with Crippen LogP contribution in [0.25, 0.3) is 0 Å². The minimum atomic E-state index is -0.287. The van der Waals surface area contributed by atoms with Crippen molar-refractivity contribution < 1.29 is 4.79 Å². The summed E-state index contributed by atoms with van der Waals surface area (Å²) in [6.45, 7) is 0. The number of halogens is 2. The number of carbonyl (C=O) groups is 1. The van der Waals surface area contributed by atoms with Crippen LogP contribution in [0.3, 0.4) is 0 Å². The average Bonchev–Trinajstić information content (AvgIpc) is 2.51. The summed E-state index contributed by atoms with van der Waals surface area (Å²) in [5.74, 6) is 0. The SMILES string of the molecule is CN(C)C(=O)N(N=Cc1ccccc1)c1ccc(Cl)c(Cl)c1. The molecule has 4 nitrogen and oxygen atoms in total. The number of urea groups is 1. The zero-order chi connectivity index (χ0) is 16.1. The number of hydrogen-bond donors (Lipinski definition) is 0. The van der Waals surface area contributed by atoms with Crippen LogP contribution in [-0.4, -0.2) is 31.2 Å². The maximum atomic E-state index is 12.3. The van der Waals surface area contributed by atoms with E-state index in [1.165, 1.54) is 9.91 Å². The van der Waals surface area contributed by atoms with E-state index in [0.717, 1.165) is 5.56 Å². The molecule has 0 saturated carbocycles. The smallest absolute Gasteiger partial charge is 0.329 e. The molecule has 2 aromatic carbocycles. The van der Waals surface area contributed by atoms with Crippen molar-refractivity contribution >= 4 is 41.1 Å². The highest BCUT2D eigenvalue weighted by Crippen LogP contribution is 2.27. The first-order valence-corrected chi connectivity index (χ1v) is 7.30. The number of nitrogens with zero attached hydrogens (tertiary/aromatic N) is 3. The Balaban J connectivity index is 2.36. The van der Waals surface area contributed by atoms with Gasteiger partial charge in [0.25, 0.3) is 0 Å². The first-order chi connectivity index (χ1) is 10.5. The minimum Gasteiger partial charge on any atom is -0.329 e. The van der Waals surface area contributed by atoms with Crippen molar-refractivity contribution in [2.75, 3.05) is 19.1 Å². The van der Waals surface area contributed by atoms with Crippen molar-refractivity contribution in [2.45, 2.75) is 0 Å². The molecule has 0 heterocycles. The summed E-state index contributed by atoms with van der Waals surface area (Å²) in [5.41, 5.74) is 1.43. The molecule has 0 saturated heterocycles. The summed E-state index contributed by atoms with van der Waals surface area (Å²) in [6.07, 6.45) is 1.61. The highest BCUT2D eigenvalue weighted by Gasteiger charge is 2.17. The summed E-state index contributed by atoms with van der Waals surface area (Å²) in [7, 11) is 3.32. The third-order valence-electron chi connectivity index (χ3n) is 2.83. The highest BCUT2D eigenvalue weighted by molar-refractivity contribution is 6.42. The van der Waals surface area contributed by atoms with Gasteiger partial charge in [0, 0.05) is 14.1 Å². The van der Waals surface area contributed by atoms with E-state index in [-0.39, 0.29) is 6.03 Å². The lowest BCUT2D eigenvalue weighted by Gasteiger charge is -2.21. The van der Waals surface area contributed by atoms with Crippen LogP contribution in [0.5, 0.6) is 0 Å². The Morgan fingerprint density at radius 2 is 1.73 bits per heavy atom. The molecule has 114 valence electrons. The molecule has 0 unspecified atom stereocenters. The van der Waals surface area contributed by atoms with Crippen LogP contribution in [-0.2, 0) is 0 Å². The Morgan fingerprint density at radius 1 is 1.05 bits per heavy atom. The van der Waals surface area contributed by atoms with Gasteiger partial charge in [0.2, 0.25) is 0 Å². The van der Waals surface area contributed by atoms with Crippen molar-refractivity contribution in [3.05, 3.63) is 64.1 Å². The number of carbonyl (C=O) groups excluding carboxylic acids is 1. The van der Waals surface area contributed by atoms with Crippen LogP contribution in [0.2, 0.25) is 10.0 Å². The van der Waals surface area contributed by atoms with Crippen molar-refractivity contribution in [2.24, 2.45) is 5.10 Å². The van der Waals surface area contributed by atoms with E-state index in [4.69, 9.17) is 23.2 Å². The molecule has 0 atom stereocenters. The van der Waals surface area contributed by atoms with Crippen LogP contribution < -0.4 is 5.01 Å². The summed E-state index contributed by atoms with van der Waals surface area (Å²) < 4.78 is 0. The number of amides is 2. The summed E-state index contributed by atoms with van der Waals surface area (Å²) in [5, 5.41) is 6.34. The molecule has 2 aromatic rings. The maximum absolute atomic E-state index is 12.3. The molecule has 0 radical (unpaired) electrons. The topological polar surface area (TPSA) is 35.9 Å². The lowest BCUT2D eigenvalue weighted by Crippen LogP contribution is -2.35. The fraction of sp³-hybridized carbons (Fsp3) is 0.125. The summed E-state index contributed by atoms with van der Waals surface area (Å²) in [4.78, 5) is 13.8. The Kier molecular flexibility index (Phi) is 5.41. The van der Waals surface area contributed by atoms with Gasteiger partial charge in [-0.2, -0.15) is 10.1 Å². The second-order valence-electron chi connectivity index (χ2n) is 4.74. The molecule has 0 aliphatic rings. The molecular weight excluding hydrogens is 321 g/mol. The Morgan fingerprint density at radius 3 is 2.32 bits per heavy atom. The lowest BCUT2D eigenvalue weighted by atomic mass is 10.2. The van der Waals surface area contributed by atoms with Gasteiger partial charge in [-0.3, -0.25) is 0 Å². The molecule has 0 aliphatic heterocycles. The Labute approximate surface area is 139 Å². The predicted molar refractivity (Wildman–Crippen MR) is 92.1 cm³/mol. The van der Waals surface area contributed by atoms with Crippen molar-refractivity contribution in [1.82, 2.24) is 4.90 Å². The Bertz CT molecular complexity index is 687. The number of hydrogen-bond acceptors (Lipinski definition) is 2. The monoisotopic (exact) mass is 335 g/mol. The Hall–Kier alpha value is -2.04. The number of benzene rings is 2. The van der Waals surface area contributed by atoms with Gasteiger partial charge >= 0.3 is 6.03 Å². The van der Waals surface area contributed by atoms with E-state index < -0.39 is 0 Å². The van der Waals surface area contributed by atoms with Gasteiger partial charge in [-0.05, 0) is 23.8 Å². The van der Waals surface area contributed by atoms with Crippen LogP contribution >= 0.6 is 23.2 Å². The zero-order valence-electron chi connectivity index (χ0n) is 12.2. The fourth-order valence-electron chi connectivity index (χ4n) is 1.70. The summed E-state index contributed by atoms with van der Waals surface area (Å²) >= 11 is 11.9. The summed E-state index contributed by atoms with van der Waals surface area (Å²) in [6, 6.07) is 14.2. The average molecular weight is 336 g/mol. The number of anilines is 1. The van der Waals surface area contributed by atoms with Gasteiger partial charge in [-0.1, -0.05) is 53.5 Å². The van der Waals surface area contributed by atoms with Gasteiger partial charge in [-0.15, -0.1) is 0 Å². The molecule has 22 heavy (non-hydrogen) atoms. The number of hydrazone groups is 1. The molecule has 0 fully saturated rings. The van der Waals surface area contributed by atoms with E-state index in [1.54, 1.807) is 38.5 Å². The van der Waals surface area contributed by atoms with E-state index in [1.807, 2.05) is 30.3 Å². The molecule has 0 N–H and O–H groups in total. The van der Waals surface area contributed by atoms with Crippen molar-refractivity contribution in [3.63, 3.8) is 0 Å². The van der Waals surface area contributed by atoms with E-state index >= 15 is 0 Å². The normalized spacial score (nSPS) is 10.7. The molecule has 0 aromatic heterocycles. The molecule has 2 amide bonds. The second-order valence-corrected chi connectivity index (χ2v) is 5.56. The predicted octanol–water partition coefficient (Wildman–Crippen LogP) is 4.52. The van der Waals surface area contributed by atoms with E-state index in [2.05, 4.69) is 5.10 Å². The first kappa shape index (κ1) is 16.3. The molecule has 6 heteroatoms. The highest BCUT2D eigenvalue weighted by atomic mass is 35.5. The molecule has 0 aliphatic carbocycles. The van der Waals surface area contributed by atoms with Crippen LogP contribution in [0.15, 0.2) is 53.6 Å². The third-order valence-corrected chi connectivity index (χ3v) is 3.57. The van der Waals surface area contributed by atoms with Crippen LogP contribution in [0, 0.1) is 0 Å². The van der Waals surface area contributed by atoms with E-state index in [9.17, 15) is 4.79 Å². The van der Waals surface area contributed by atoms with Gasteiger partial charge in [-0.25, -0.2) is 4.79 Å². The van der Waals surface area contributed by atoms with Gasteiger partial charge in [0.15, 0.2) is 0 Å². The molecular formula is C16H15Cl2N3O. The largest absolute Gasteiger partial charge is 0.344 e. The fourth-order valence-corrected chi connectivity index (χ4v) is 1.99. The zero-order valence-corrected chi connectivity index (χ0v) is 13.7. The molecule has 2 rings (SSSR count). The van der Waals surface area contributed by atoms with Gasteiger partial charge in [0.05, 0.1) is 21.9 Å². The standard InChI is InChI=1S/C16H15Cl2N3O/c1-20(2)16(22)21(13-8-9-14(17)15(18)10-13)19-11-12-6-4-3-5-7-12/h3-11H,1-2H3. The number of rotatable bonds is 3. The second kappa shape index (κ2) is 7.29. The lowest BCUT2D eigenvalue weighted by molar-refractivity contribution is 0.224. The van der Waals surface area contributed by atoms with Gasteiger partial charge in [0.1, 0.15) is 0 Å². The maximum Gasteiger partial charge on any atom is 0.344 e. The van der Waals surface area contributed by atoms with Crippen LogP contribution in [0.1, 0.15) is 5.56 Å². The van der Waals surface area contributed by atoms with Crippen molar-refractivity contribution in [3.8, 4) is 0 Å². The van der Waals surface area contributed by atoms with Crippen molar-refractivity contribution in [1.29, 1.82) is 0 Å². The molecule has 0 bridgehead atoms. The molecule has 0 spiro atoms.